The molecule has 0 aromatic carbocycles. The van der Waals surface area contributed by atoms with Crippen LogP contribution < -0.4 is 10.6 Å². The van der Waals surface area contributed by atoms with Gasteiger partial charge in [-0.1, -0.05) is 15.9 Å². The Morgan fingerprint density at radius 3 is 2.33 bits per heavy atom. The molecule has 0 bridgehead atoms. The van der Waals surface area contributed by atoms with Gasteiger partial charge in [0.05, 0.1) is 0 Å². The standard InChI is InChI=1S/C10H19BrN2O2/c1-2-12-10(15)6-8-13-9(14)5-3-4-7-11/h2-8H2,1H3,(H,12,15)(H,13,14). The van der Waals surface area contributed by atoms with Crippen molar-refractivity contribution in [1.29, 1.82) is 0 Å². The summed E-state index contributed by atoms with van der Waals surface area (Å²) in [5.74, 6) is 0.0125. The van der Waals surface area contributed by atoms with Gasteiger partial charge in [0.1, 0.15) is 0 Å². The van der Waals surface area contributed by atoms with Crippen LogP contribution in [0.2, 0.25) is 0 Å². The smallest absolute Gasteiger partial charge is 0.221 e. The average molecular weight is 279 g/mol. The quantitative estimate of drug-likeness (QED) is 0.518. The maximum absolute atomic E-state index is 11.2. The number of alkyl halides is 1. The zero-order valence-corrected chi connectivity index (χ0v) is 10.7. The second kappa shape index (κ2) is 9.96. The molecule has 0 fully saturated rings. The van der Waals surface area contributed by atoms with Crippen molar-refractivity contribution in [1.82, 2.24) is 10.6 Å². The highest BCUT2D eigenvalue weighted by Crippen LogP contribution is 1.97. The van der Waals surface area contributed by atoms with E-state index in [-0.39, 0.29) is 11.8 Å². The van der Waals surface area contributed by atoms with E-state index in [9.17, 15) is 9.59 Å². The topological polar surface area (TPSA) is 58.2 Å². The average Bonchev–Trinajstić information content (AvgIpc) is 2.18. The Bertz CT molecular complexity index is 198. The van der Waals surface area contributed by atoms with Gasteiger partial charge in [0, 0.05) is 31.3 Å². The molecule has 0 aliphatic heterocycles. The number of carbonyl (C=O) groups excluding carboxylic acids is 2. The van der Waals surface area contributed by atoms with E-state index < -0.39 is 0 Å². The lowest BCUT2D eigenvalue weighted by Crippen LogP contribution is -2.30. The Morgan fingerprint density at radius 1 is 1.07 bits per heavy atom. The monoisotopic (exact) mass is 278 g/mol. The van der Waals surface area contributed by atoms with Crippen molar-refractivity contribution in [3.05, 3.63) is 0 Å². The third kappa shape index (κ3) is 9.72. The lowest BCUT2D eigenvalue weighted by Gasteiger charge is -2.04. The number of rotatable bonds is 8. The van der Waals surface area contributed by atoms with Gasteiger partial charge in [0.2, 0.25) is 11.8 Å². The molecule has 0 aromatic rings. The highest BCUT2D eigenvalue weighted by molar-refractivity contribution is 9.09. The minimum atomic E-state index is -0.0155. The summed E-state index contributed by atoms with van der Waals surface area (Å²) in [6, 6.07) is 0. The number of carbonyl (C=O) groups is 2. The first kappa shape index (κ1) is 14.4. The molecule has 0 heterocycles. The van der Waals surface area contributed by atoms with E-state index in [4.69, 9.17) is 0 Å². The molecule has 2 N–H and O–H groups in total. The third-order valence-electron chi connectivity index (χ3n) is 1.84. The maximum Gasteiger partial charge on any atom is 0.221 e. The van der Waals surface area contributed by atoms with Crippen molar-refractivity contribution < 1.29 is 9.59 Å². The van der Waals surface area contributed by atoms with E-state index in [1.807, 2.05) is 6.92 Å². The van der Waals surface area contributed by atoms with E-state index in [1.54, 1.807) is 0 Å². The molecule has 0 atom stereocenters. The number of unbranched alkanes of at least 4 members (excludes halogenated alkanes) is 1. The summed E-state index contributed by atoms with van der Waals surface area (Å²) in [7, 11) is 0. The number of hydrogen-bond acceptors (Lipinski definition) is 2. The molecule has 4 nitrogen and oxygen atoms in total. The highest BCUT2D eigenvalue weighted by Gasteiger charge is 2.02. The van der Waals surface area contributed by atoms with Crippen molar-refractivity contribution in [2.75, 3.05) is 18.4 Å². The maximum atomic E-state index is 11.2. The summed E-state index contributed by atoms with van der Waals surface area (Å²) < 4.78 is 0. The first-order valence-corrected chi connectivity index (χ1v) is 6.42. The van der Waals surface area contributed by atoms with Crippen LogP contribution in [-0.4, -0.2) is 30.2 Å². The Kier molecular flexibility index (Phi) is 9.57. The lowest BCUT2D eigenvalue weighted by molar-refractivity contribution is -0.122. The molecular weight excluding hydrogens is 260 g/mol. The molecule has 15 heavy (non-hydrogen) atoms. The summed E-state index contributed by atoms with van der Waals surface area (Å²) in [6.45, 7) is 2.94. The summed E-state index contributed by atoms with van der Waals surface area (Å²) in [5.41, 5.74) is 0. The second-order valence-corrected chi connectivity index (χ2v) is 3.99. The lowest BCUT2D eigenvalue weighted by atomic mass is 10.2. The molecule has 5 heteroatoms. The van der Waals surface area contributed by atoms with Gasteiger partial charge in [0.15, 0.2) is 0 Å². The van der Waals surface area contributed by atoms with Crippen LogP contribution in [-0.2, 0) is 9.59 Å². The Labute approximate surface area is 99.3 Å². The number of halogens is 1. The summed E-state index contributed by atoms with van der Waals surface area (Å²) in [6.07, 6.45) is 2.79. The van der Waals surface area contributed by atoms with E-state index in [2.05, 4.69) is 26.6 Å². The van der Waals surface area contributed by atoms with Crippen molar-refractivity contribution >= 4 is 27.7 Å². The van der Waals surface area contributed by atoms with Crippen molar-refractivity contribution in [3.8, 4) is 0 Å². The van der Waals surface area contributed by atoms with Crippen LogP contribution in [0.4, 0.5) is 0 Å². The fraction of sp³-hybridized carbons (Fsp3) is 0.800. The largest absolute Gasteiger partial charge is 0.356 e. The number of hydrogen-bond donors (Lipinski definition) is 2. The van der Waals surface area contributed by atoms with Crippen LogP contribution in [0.3, 0.4) is 0 Å². The molecule has 0 aromatic heterocycles. The minimum Gasteiger partial charge on any atom is -0.356 e. The van der Waals surface area contributed by atoms with Crippen molar-refractivity contribution in [3.63, 3.8) is 0 Å². The molecular formula is C10H19BrN2O2. The highest BCUT2D eigenvalue weighted by atomic mass is 79.9. The first-order chi connectivity index (χ1) is 7.20. The number of nitrogens with one attached hydrogen (secondary N) is 2. The van der Waals surface area contributed by atoms with E-state index in [0.29, 0.717) is 25.9 Å². The van der Waals surface area contributed by atoms with Gasteiger partial charge in [-0.15, -0.1) is 0 Å². The van der Waals surface area contributed by atoms with Gasteiger partial charge >= 0.3 is 0 Å². The van der Waals surface area contributed by atoms with Crippen molar-refractivity contribution in [2.45, 2.75) is 32.6 Å². The normalized spacial score (nSPS) is 9.73. The van der Waals surface area contributed by atoms with Crippen LogP contribution >= 0.6 is 15.9 Å². The van der Waals surface area contributed by atoms with Gasteiger partial charge in [-0.05, 0) is 19.8 Å². The van der Waals surface area contributed by atoms with Gasteiger partial charge in [-0.25, -0.2) is 0 Å². The zero-order chi connectivity index (χ0) is 11.5. The van der Waals surface area contributed by atoms with Gasteiger partial charge in [-0.2, -0.15) is 0 Å². The van der Waals surface area contributed by atoms with Crippen LogP contribution in [0.15, 0.2) is 0 Å². The van der Waals surface area contributed by atoms with Crippen LogP contribution in [0.1, 0.15) is 32.6 Å². The summed E-state index contributed by atoms with van der Waals surface area (Å²) in [5, 5.41) is 6.32. The second-order valence-electron chi connectivity index (χ2n) is 3.20. The molecule has 0 saturated heterocycles. The molecule has 2 amide bonds. The molecule has 0 aliphatic carbocycles. The van der Waals surface area contributed by atoms with Crippen LogP contribution in [0.25, 0.3) is 0 Å². The van der Waals surface area contributed by atoms with Gasteiger partial charge in [0.25, 0.3) is 0 Å². The predicted molar refractivity (Wildman–Crippen MR) is 64.0 cm³/mol. The SMILES string of the molecule is CCNC(=O)CCNC(=O)CCCCBr. The zero-order valence-electron chi connectivity index (χ0n) is 9.14. The Morgan fingerprint density at radius 2 is 1.73 bits per heavy atom. The van der Waals surface area contributed by atoms with E-state index in [1.165, 1.54) is 0 Å². The van der Waals surface area contributed by atoms with E-state index in [0.717, 1.165) is 18.2 Å². The molecule has 0 saturated carbocycles. The third-order valence-corrected chi connectivity index (χ3v) is 2.40. The molecule has 0 rings (SSSR count). The molecule has 0 spiro atoms. The summed E-state index contributed by atoms with van der Waals surface area (Å²) >= 11 is 3.30. The molecule has 0 unspecified atom stereocenters. The van der Waals surface area contributed by atoms with Crippen LogP contribution in [0.5, 0.6) is 0 Å². The minimum absolute atomic E-state index is 0.0155. The van der Waals surface area contributed by atoms with Crippen LogP contribution in [0, 0.1) is 0 Å². The first-order valence-electron chi connectivity index (χ1n) is 5.30. The van der Waals surface area contributed by atoms with Crippen molar-refractivity contribution in [2.24, 2.45) is 0 Å². The molecule has 0 radical (unpaired) electrons. The Hall–Kier alpha value is -0.580. The van der Waals surface area contributed by atoms with Gasteiger partial charge in [-0.3, -0.25) is 9.59 Å². The predicted octanol–water partition coefficient (Wildman–Crippen LogP) is 1.19. The Balaban J connectivity index is 3.34. The summed E-state index contributed by atoms with van der Waals surface area (Å²) in [4.78, 5) is 22.2. The van der Waals surface area contributed by atoms with Gasteiger partial charge < -0.3 is 10.6 Å². The molecule has 0 aliphatic rings. The number of amides is 2. The fourth-order valence-electron chi connectivity index (χ4n) is 1.07. The molecule has 88 valence electrons. The van der Waals surface area contributed by atoms with E-state index >= 15 is 0 Å². The fourth-order valence-corrected chi connectivity index (χ4v) is 1.47.